The Kier molecular flexibility index (Phi) is 3.59. The van der Waals surface area contributed by atoms with Gasteiger partial charge in [0.15, 0.2) is 6.29 Å². The molecular formula is C21H32O2. The van der Waals surface area contributed by atoms with Gasteiger partial charge in [0, 0.05) is 24.4 Å². The summed E-state index contributed by atoms with van der Waals surface area (Å²) in [6.07, 6.45) is 13.0. The van der Waals surface area contributed by atoms with Crippen LogP contribution < -0.4 is 0 Å². The summed E-state index contributed by atoms with van der Waals surface area (Å²) >= 11 is 0. The lowest BCUT2D eigenvalue weighted by atomic mass is 9.55. The number of hydrogen-bond donors (Lipinski definition) is 0. The summed E-state index contributed by atoms with van der Waals surface area (Å²) < 4.78 is 12.2. The van der Waals surface area contributed by atoms with E-state index in [-0.39, 0.29) is 6.29 Å². The molecular weight excluding hydrogens is 284 g/mol. The van der Waals surface area contributed by atoms with Gasteiger partial charge in [0.1, 0.15) is 0 Å². The third-order valence-corrected chi connectivity index (χ3v) is 7.62. The Balaban J connectivity index is 1.57. The van der Waals surface area contributed by atoms with Crippen LogP contribution >= 0.6 is 0 Å². The van der Waals surface area contributed by atoms with Crippen LogP contribution in [0.5, 0.6) is 0 Å². The molecule has 0 aromatic heterocycles. The Morgan fingerprint density at radius 3 is 2.91 bits per heavy atom. The van der Waals surface area contributed by atoms with Gasteiger partial charge in [-0.1, -0.05) is 37.6 Å². The summed E-state index contributed by atoms with van der Waals surface area (Å²) in [5.74, 6) is 2.74. The second-order valence-corrected chi connectivity index (χ2v) is 8.96. The molecule has 0 N–H and O–H groups in total. The molecule has 0 amide bonds. The Labute approximate surface area is 141 Å². The van der Waals surface area contributed by atoms with Crippen LogP contribution in [0.1, 0.15) is 53.4 Å². The first kappa shape index (κ1) is 15.9. The lowest BCUT2D eigenvalue weighted by Crippen LogP contribution is -2.47. The van der Waals surface area contributed by atoms with Crippen LogP contribution in [0.3, 0.4) is 0 Å². The van der Waals surface area contributed by atoms with E-state index in [2.05, 4.69) is 45.9 Å². The molecule has 2 heteroatoms. The van der Waals surface area contributed by atoms with Crippen molar-refractivity contribution < 1.29 is 9.47 Å². The maximum atomic E-state index is 6.36. The summed E-state index contributed by atoms with van der Waals surface area (Å²) in [5, 5.41) is 0. The van der Waals surface area contributed by atoms with Crippen molar-refractivity contribution in [3.63, 3.8) is 0 Å². The van der Waals surface area contributed by atoms with E-state index < -0.39 is 0 Å². The predicted octanol–water partition coefficient (Wildman–Crippen LogP) is 4.96. The summed E-state index contributed by atoms with van der Waals surface area (Å²) in [6.45, 7) is 9.33. The molecule has 0 bridgehead atoms. The second-order valence-electron chi connectivity index (χ2n) is 8.96. The normalized spacial score (nSPS) is 50.4. The molecule has 1 spiro atoms. The first-order chi connectivity index (χ1) is 11.0. The highest BCUT2D eigenvalue weighted by Crippen LogP contribution is 2.82. The van der Waals surface area contributed by atoms with Crippen LogP contribution in [-0.4, -0.2) is 19.5 Å². The second kappa shape index (κ2) is 5.20. The van der Waals surface area contributed by atoms with Crippen LogP contribution in [0.4, 0.5) is 0 Å². The van der Waals surface area contributed by atoms with E-state index in [1.54, 1.807) is 0 Å². The average molecular weight is 316 g/mol. The first-order valence-electron chi connectivity index (χ1n) is 9.46. The number of fused-ring (bicyclic) bond motifs is 1. The van der Waals surface area contributed by atoms with E-state index in [9.17, 15) is 0 Å². The molecule has 3 fully saturated rings. The van der Waals surface area contributed by atoms with Crippen molar-refractivity contribution in [2.24, 2.45) is 34.5 Å². The third-order valence-electron chi connectivity index (χ3n) is 7.62. The highest BCUT2D eigenvalue weighted by atomic mass is 16.7. The number of ether oxygens (including phenoxy) is 2. The topological polar surface area (TPSA) is 18.5 Å². The number of allylic oxidation sites excluding steroid dienone is 3. The smallest absolute Gasteiger partial charge is 0.161 e. The van der Waals surface area contributed by atoms with Gasteiger partial charge in [0.2, 0.25) is 0 Å². The fraction of sp³-hybridized carbons (Fsp3) is 0.810. The van der Waals surface area contributed by atoms with Crippen LogP contribution in [0.2, 0.25) is 0 Å². The van der Waals surface area contributed by atoms with Crippen LogP contribution in [0, 0.1) is 34.5 Å². The highest BCUT2D eigenvalue weighted by Gasteiger charge is 2.84. The molecule has 2 nitrogen and oxygen atoms in total. The Bertz CT molecular complexity index is 546. The fourth-order valence-corrected chi connectivity index (χ4v) is 6.46. The van der Waals surface area contributed by atoms with Crippen LogP contribution in [0.15, 0.2) is 23.8 Å². The Hall–Kier alpha value is -0.600. The molecule has 1 heterocycles. The molecule has 4 aliphatic rings. The van der Waals surface area contributed by atoms with Crippen LogP contribution in [-0.2, 0) is 9.47 Å². The number of methoxy groups -OCH3 is 1. The predicted molar refractivity (Wildman–Crippen MR) is 92.9 cm³/mol. The standard InChI is InChI=1S/C21H32O2/c1-13(2)7-6-8-14(3)15-9-11-20(4)12-10-16-18-21(16,20)17(15)19(22-5)23-18/h7,10,12,14-19H,6,8-9,11H2,1-5H3/t14-,15+,16+,17-,18+,19+,20-,21-/m1/s1. The molecule has 8 atom stereocenters. The van der Waals surface area contributed by atoms with Gasteiger partial charge >= 0.3 is 0 Å². The van der Waals surface area contributed by atoms with Crippen molar-refractivity contribution >= 4 is 0 Å². The largest absolute Gasteiger partial charge is 0.356 e. The SMILES string of the molecule is CO[C@H]1O[C@H]2[C@@H]3C=C[C@@]4(C)CC[C@@H]([C@H](C)CCC=C(C)C)[C@H]1[C@]324. The van der Waals surface area contributed by atoms with Crippen molar-refractivity contribution in [3.05, 3.63) is 23.8 Å². The lowest BCUT2D eigenvalue weighted by Gasteiger charge is -2.49. The van der Waals surface area contributed by atoms with Gasteiger partial charge in [-0.3, -0.25) is 0 Å². The summed E-state index contributed by atoms with van der Waals surface area (Å²) in [6, 6.07) is 0. The fourth-order valence-electron chi connectivity index (χ4n) is 6.46. The molecule has 2 saturated carbocycles. The Morgan fingerprint density at radius 1 is 1.43 bits per heavy atom. The monoisotopic (exact) mass is 316 g/mol. The van der Waals surface area contributed by atoms with E-state index in [0.717, 1.165) is 11.8 Å². The van der Waals surface area contributed by atoms with Crippen molar-refractivity contribution in [1.29, 1.82) is 0 Å². The molecule has 0 radical (unpaired) electrons. The molecule has 0 aromatic carbocycles. The number of rotatable bonds is 5. The molecule has 0 aromatic rings. The molecule has 1 aliphatic heterocycles. The van der Waals surface area contributed by atoms with Crippen molar-refractivity contribution in [2.45, 2.75) is 65.8 Å². The van der Waals surface area contributed by atoms with Gasteiger partial charge in [-0.2, -0.15) is 0 Å². The lowest BCUT2D eigenvalue weighted by molar-refractivity contribution is -0.162. The molecule has 0 unspecified atom stereocenters. The highest BCUT2D eigenvalue weighted by molar-refractivity contribution is 5.40. The summed E-state index contributed by atoms with van der Waals surface area (Å²) in [7, 11) is 1.83. The molecule has 3 aliphatic carbocycles. The zero-order valence-electron chi connectivity index (χ0n) is 15.3. The maximum absolute atomic E-state index is 6.36. The van der Waals surface area contributed by atoms with Crippen molar-refractivity contribution in [2.75, 3.05) is 7.11 Å². The van der Waals surface area contributed by atoms with Crippen molar-refractivity contribution in [1.82, 2.24) is 0 Å². The minimum Gasteiger partial charge on any atom is -0.356 e. The summed E-state index contributed by atoms with van der Waals surface area (Å²) in [4.78, 5) is 0. The zero-order chi connectivity index (χ0) is 16.4. The van der Waals surface area contributed by atoms with Crippen LogP contribution in [0.25, 0.3) is 0 Å². The van der Waals surface area contributed by atoms with Gasteiger partial charge in [-0.25, -0.2) is 0 Å². The minimum atomic E-state index is 0.0201. The molecule has 23 heavy (non-hydrogen) atoms. The minimum absolute atomic E-state index is 0.0201. The van der Waals surface area contributed by atoms with Gasteiger partial charge in [-0.05, 0) is 56.8 Å². The van der Waals surface area contributed by atoms with Gasteiger partial charge < -0.3 is 9.47 Å². The van der Waals surface area contributed by atoms with E-state index in [1.165, 1.54) is 31.3 Å². The Morgan fingerprint density at radius 2 is 2.22 bits per heavy atom. The zero-order valence-corrected chi connectivity index (χ0v) is 15.3. The van der Waals surface area contributed by atoms with Gasteiger partial charge in [0.25, 0.3) is 0 Å². The third kappa shape index (κ3) is 1.94. The number of hydrogen-bond acceptors (Lipinski definition) is 2. The molecule has 4 rings (SSSR count). The van der Waals surface area contributed by atoms with E-state index in [0.29, 0.717) is 28.8 Å². The first-order valence-corrected chi connectivity index (χ1v) is 9.46. The van der Waals surface area contributed by atoms with E-state index in [4.69, 9.17) is 9.47 Å². The van der Waals surface area contributed by atoms with E-state index >= 15 is 0 Å². The average Bonchev–Trinajstić information content (AvgIpc) is 2.82. The quantitative estimate of drug-likeness (QED) is 0.668. The summed E-state index contributed by atoms with van der Waals surface area (Å²) in [5.41, 5.74) is 2.14. The van der Waals surface area contributed by atoms with Crippen molar-refractivity contribution in [3.8, 4) is 0 Å². The van der Waals surface area contributed by atoms with E-state index in [1.807, 2.05) is 7.11 Å². The molecule has 1 saturated heterocycles. The molecule has 128 valence electrons. The van der Waals surface area contributed by atoms with Gasteiger partial charge in [0.05, 0.1) is 6.10 Å². The maximum Gasteiger partial charge on any atom is 0.161 e. The van der Waals surface area contributed by atoms with Gasteiger partial charge in [-0.15, -0.1) is 0 Å².